The van der Waals surface area contributed by atoms with Crippen molar-refractivity contribution in [2.75, 3.05) is 18.4 Å². The van der Waals surface area contributed by atoms with Crippen molar-refractivity contribution in [3.63, 3.8) is 0 Å². The summed E-state index contributed by atoms with van der Waals surface area (Å²) < 4.78 is 4.89. The second-order valence-electron chi connectivity index (χ2n) is 5.75. The molecule has 130 valence electrons. The monoisotopic (exact) mass is 343 g/mol. The minimum Gasteiger partial charge on any atom is -0.395 e. The van der Waals surface area contributed by atoms with Crippen LogP contribution < -0.4 is 5.32 Å². The van der Waals surface area contributed by atoms with E-state index in [1.54, 1.807) is 29.2 Å². The van der Waals surface area contributed by atoms with Crippen LogP contribution in [-0.2, 0) is 0 Å². The van der Waals surface area contributed by atoms with Gasteiger partial charge in [-0.2, -0.15) is 0 Å². The van der Waals surface area contributed by atoms with Crippen LogP contribution in [-0.4, -0.2) is 34.7 Å². The van der Waals surface area contributed by atoms with Gasteiger partial charge in [0.05, 0.1) is 17.3 Å². The Balaban J connectivity index is 1.79. The molecule has 1 N–H and O–H groups in total. The molecular weight excluding hydrogens is 326 g/mol. The van der Waals surface area contributed by atoms with Crippen LogP contribution in [0.4, 0.5) is 11.6 Å². The number of benzene rings is 1. The number of carbonyl (C=O) groups excluding carboxylic acids is 2. The Kier molecular flexibility index (Phi) is 4.78. The average molecular weight is 343 g/mol. The minimum absolute atomic E-state index is 0.138. The van der Waals surface area contributed by atoms with Gasteiger partial charge in [-0.25, -0.2) is 0 Å². The van der Waals surface area contributed by atoms with Crippen LogP contribution >= 0.6 is 0 Å². The smallest absolute Gasteiger partial charge is 0.395 e. The number of rotatable bonds is 4. The Morgan fingerprint density at radius 1 is 1.08 bits per heavy atom. The number of hydrogen-bond donors (Lipinski definition) is 1. The number of para-hydroxylation sites is 1. The zero-order chi connectivity index (χ0) is 17.8. The van der Waals surface area contributed by atoms with Crippen LogP contribution in [0.5, 0.6) is 0 Å². The first kappa shape index (κ1) is 16.7. The lowest BCUT2D eigenvalue weighted by atomic mass is 10.1. The SMILES string of the molecule is O=C(Nc1ccccc1C(=O)N1CCCCC1)c1ccc([N+](=O)[O-])o1. The van der Waals surface area contributed by atoms with Gasteiger partial charge in [-0.1, -0.05) is 12.1 Å². The number of hydrogen-bond acceptors (Lipinski definition) is 5. The Bertz CT molecular complexity index is 808. The van der Waals surface area contributed by atoms with E-state index in [1.165, 1.54) is 6.07 Å². The second-order valence-corrected chi connectivity index (χ2v) is 5.75. The maximum atomic E-state index is 12.7. The number of likely N-dealkylation sites (tertiary alicyclic amines) is 1. The Hall–Kier alpha value is -3.16. The van der Waals surface area contributed by atoms with Gasteiger partial charge in [0.2, 0.25) is 0 Å². The molecule has 2 heterocycles. The molecule has 0 unspecified atom stereocenters. The highest BCUT2D eigenvalue weighted by atomic mass is 16.6. The van der Waals surface area contributed by atoms with E-state index in [9.17, 15) is 19.7 Å². The van der Waals surface area contributed by atoms with Gasteiger partial charge < -0.3 is 14.6 Å². The molecule has 0 bridgehead atoms. The first-order valence-corrected chi connectivity index (χ1v) is 8.00. The molecule has 3 rings (SSSR count). The number of carbonyl (C=O) groups is 2. The molecule has 1 aliphatic heterocycles. The van der Waals surface area contributed by atoms with E-state index in [2.05, 4.69) is 5.32 Å². The lowest BCUT2D eigenvalue weighted by Crippen LogP contribution is -2.36. The molecule has 8 heteroatoms. The van der Waals surface area contributed by atoms with Gasteiger partial charge in [0, 0.05) is 13.1 Å². The van der Waals surface area contributed by atoms with E-state index in [4.69, 9.17) is 4.42 Å². The van der Waals surface area contributed by atoms with E-state index in [0.29, 0.717) is 24.3 Å². The predicted octanol–water partition coefficient (Wildman–Crippen LogP) is 3.07. The van der Waals surface area contributed by atoms with E-state index in [0.717, 1.165) is 25.3 Å². The fourth-order valence-electron chi connectivity index (χ4n) is 2.78. The molecule has 0 spiro atoms. The summed E-state index contributed by atoms with van der Waals surface area (Å²) in [4.78, 5) is 36.6. The van der Waals surface area contributed by atoms with Crippen LogP contribution in [0.15, 0.2) is 40.8 Å². The summed E-state index contributed by atoms with van der Waals surface area (Å²) in [5, 5.41) is 13.2. The lowest BCUT2D eigenvalue weighted by molar-refractivity contribution is -0.402. The first-order valence-electron chi connectivity index (χ1n) is 8.00. The van der Waals surface area contributed by atoms with E-state index in [1.807, 2.05) is 0 Å². The van der Waals surface area contributed by atoms with E-state index in [-0.39, 0.29) is 11.7 Å². The number of nitro groups is 1. The molecule has 2 amide bonds. The van der Waals surface area contributed by atoms with Crippen molar-refractivity contribution >= 4 is 23.4 Å². The average Bonchev–Trinajstić information content (AvgIpc) is 3.13. The zero-order valence-corrected chi connectivity index (χ0v) is 13.4. The van der Waals surface area contributed by atoms with Gasteiger partial charge in [-0.3, -0.25) is 19.7 Å². The van der Waals surface area contributed by atoms with Gasteiger partial charge in [0.1, 0.15) is 4.92 Å². The third kappa shape index (κ3) is 3.68. The Morgan fingerprint density at radius 2 is 1.80 bits per heavy atom. The summed E-state index contributed by atoms with van der Waals surface area (Å²) >= 11 is 0. The molecule has 8 nitrogen and oxygen atoms in total. The number of piperidine rings is 1. The topological polar surface area (TPSA) is 106 Å². The Labute approximate surface area is 143 Å². The molecule has 1 aromatic heterocycles. The third-order valence-corrected chi connectivity index (χ3v) is 4.04. The van der Waals surface area contributed by atoms with Crippen molar-refractivity contribution in [2.45, 2.75) is 19.3 Å². The van der Waals surface area contributed by atoms with Crippen molar-refractivity contribution in [1.29, 1.82) is 0 Å². The minimum atomic E-state index is -0.718. The van der Waals surface area contributed by atoms with Crippen molar-refractivity contribution < 1.29 is 18.9 Å². The van der Waals surface area contributed by atoms with Crippen molar-refractivity contribution in [3.05, 3.63) is 57.8 Å². The number of furan rings is 1. The Morgan fingerprint density at radius 3 is 2.48 bits per heavy atom. The molecule has 1 fully saturated rings. The number of nitrogens with zero attached hydrogens (tertiary/aromatic N) is 2. The van der Waals surface area contributed by atoms with Gasteiger partial charge in [0.15, 0.2) is 5.76 Å². The van der Waals surface area contributed by atoms with Crippen LogP contribution in [0.3, 0.4) is 0 Å². The molecule has 1 aliphatic rings. The summed E-state index contributed by atoms with van der Waals surface area (Å²) in [7, 11) is 0. The van der Waals surface area contributed by atoms with Crippen LogP contribution in [0.25, 0.3) is 0 Å². The quantitative estimate of drug-likeness (QED) is 0.678. The molecule has 1 saturated heterocycles. The van der Waals surface area contributed by atoms with Gasteiger partial charge in [-0.05, 0) is 37.5 Å². The molecule has 0 aliphatic carbocycles. The summed E-state index contributed by atoms with van der Waals surface area (Å²) in [5.74, 6) is -1.48. The van der Waals surface area contributed by atoms with E-state index >= 15 is 0 Å². The summed E-state index contributed by atoms with van der Waals surface area (Å²) in [6.07, 6.45) is 3.05. The number of anilines is 1. The van der Waals surface area contributed by atoms with Crippen LogP contribution in [0, 0.1) is 10.1 Å². The second kappa shape index (κ2) is 7.16. The molecule has 1 aromatic carbocycles. The van der Waals surface area contributed by atoms with Crippen molar-refractivity contribution in [1.82, 2.24) is 4.90 Å². The van der Waals surface area contributed by atoms with Crippen molar-refractivity contribution in [2.24, 2.45) is 0 Å². The fourth-order valence-corrected chi connectivity index (χ4v) is 2.78. The molecule has 0 radical (unpaired) electrons. The van der Waals surface area contributed by atoms with Gasteiger partial charge in [0.25, 0.3) is 11.8 Å². The molecular formula is C17H17N3O5. The first-order chi connectivity index (χ1) is 12.1. The standard InChI is InChI=1S/C17H17N3O5/c21-16(14-8-9-15(25-14)20(23)24)18-13-7-3-2-6-12(13)17(22)19-10-4-1-5-11-19/h2-3,6-9H,1,4-5,10-11H2,(H,18,21). The van der Waals surface area contributed by atoms with E-state index < -0.39 is 16.7 Å². The highest BCUT2D eigenvalue weighted by Crippen LogP contribution is 2.22. The maximum Gasteiger partial charge on any atom is 0.433 e. The van der Waals surface area contributed by atoms with Crippen LogP contribution in [0.2, 0.25) is 0 Å². The molecule has 0 atom stereocenters. The normalized spacial score (nSPS) is 14.2. The summed E-state index contributed by atoms with van der Waals surface area (Å²) in [6.45, 7) is 1.40. The lowest BCUT2D eigenvalue weighted by Gasteiger charge is -2.27. The molecule has 25 heavy (non-hydrogen) atoms. The zero-order valence-electron chi connectivity index (χ0n) is 13.4. The predicted molar refractivity (Wildman–Crippen MR) is 89.5 cm³/mol. The molecule has 0 saturated carbocycles. The fraction of sp³-hybridized carbons (Fsp3) is 0.294. The number of nitrogens with one attached hydrogen (secondary N) is 1. The number of amides is 2. The van der Waals surface area contributed by atoms with Crippen molar-refractivity contribution in [3.8, 4) is 0 Å². The summed E-state index contributed by atoms with van der Waals surface area (Å²) in [5.41, 5.74) is 0.737. The summed E-state index contributed by atoms with van der Waals surface area (Å²) in [6, 6.07) is 9.03. The largest absolute Gasteiger partial charge is 0.433 e. The van der Waals surface area contributed by atoms with Crippen LogP contribution in [0.1, 0.15) is 40.2 Å². The molecule has 2 aromatic rings. The highest BCUT2D eigenvalue weighted by Gasteiger charge is 2.23. The van der Waals surface area contributed by atoms with Gasteiger partial charge >= 0.3 is 5.88 Å². The van der Waals surface area contributed by atoms with Gasteiger partial charge in [-0.15, -0.1) is 0 Å². The maximum absolute atomic E-state index is 12.7. The third-order valence-electron chi connectivity index (χ3n) is 4.04. The highest BCUT2D eigenvalue weighted by molar-refractivity contribution is 6.08.